The van der Waals surface area contributed by atoms with E-state index in [1.807, 2.05) is 36.1 Å². The number of anilines is 1. The maximum absolute atomic E-state index is 12.9. The molecule has 0 aromatic heterocycles. The lowest BCUT2D eigenvalue weighted by molar-refractivity contribution is -0.137. The fourth-order valence-corrected chi connectivity index (χ4v) is 3.56. The largest absolute Gasteiger partial charge is 0.416 e. The molecule has 3 rings (SSSR count). The van der Waals surface area contributed by atoms with Crippen LogP contribution in [0.3, 0.4) is 0 Å². The van der Waals surface area contributed by atoms with Gasteiger partial charge in [-0.3, -0.25) is 4.90 Å². The van der Waals surface area contributed by atoms with Gasteiger partial charge in [0.05, 0.1) is 11.5 Å². The van der Waals surface area contributed by atoms with Gasteiger partial charge in [0.25, 0.3) is 0 Å². The summed E-state index contributed by atoms with van der Waals surface area (Å²) in [5.41, 5.74) is 2.10. The Hall–Kier alpha value is -2.34. The van der Waals surface area contributed by atoms with Crippen LogP contribution in [0.15, 0.2) is 48.5 Å². The Morgan fingerprint density at radius 1 is 1.04 bits per heavy atom. The van der Waals surface area contributed by atoms with Crippen molar-refractivity contribution in [3.8, 4) is 0 Å². The molecule has 0 saturated carbocycles. The van der Waals surface area contributed by atoms with E-state index < -0.39 is 11.7 Å². The third kappa shape index (κ3) is 4.69. The minimum atomic E-state index is -4.33. The van der Waals surface area contributed by atoms with E-state index in [2.05, 4.69) is 4.90 Å². The summed E-state index contributed by atoms with van der Waals surface area (Å²) in [7, 11) is 0. The first kappa shape index (κ1) is 19.4. The Morgan fingerprint density at radius 3 is 2.37 bits per heavy atom. The zero-order valence-electron chi connectivity index (χ0n) is 15.2. The van der Waals surface area contributed by atoms with Gasteiger partial charge >= 0.3 is 6.18 Å². The molecule has 1 unspecified atom stereocenters. The van der Waals surface area contributed by atoms with Crippen LogP contribution in [0, 0.1) is 6.92 Å². The smallest absolute Gasteiger partial charge is 0.369 e. The molecule has 0 bridgehead atoms. The van der Waals surface area contributed by atoms with E-state index in [0.29, 0.717) is 38.4 Å². The zero-order valence-corrected chi connectivity index (χ0v) is 15.2. The summed E-state index contributed by atoms with van der Waals surface area (Å²) in [5.74, 6) is -0.189. The van der Waals surface area contributed by atoms with Gasteiger partial charge in [-0.1, -0.05) is 30.3 Å². The quantitative estimate of drug-likeness (QED) is 0.734. The molecule has 1 saturated heterocycles. The van der Waals surface area contributed by atoms with Crippen LogP contribution in [-0.4, -0.2) is 43.9 Å². The third-order valence-corrected chi connectivity index (χ3v) is 5.12. The maximum Gasteiger partial charge on any atom is 0.416 e. The number of halogens is 3. The van der Waals surface area contributed by atoms with E-state index in [4.69, 9.17) is 0 Å². The summed E-state index contributed by atoms with van der Waals surface area (Å²) >= 11 is 0. The molecule has 1 heterocycles. The Kier molecular flexibility index (Phi) is 5.85. The highest BCUT2D eigenvalue weighted by molar-refractivity contribution is 5.63. The first-order valence-electron chi connectivity index (χ1n) is 9.04. The fourth-order valence-electron chi connectivity index (χ4n) is 3.56. The summed E-state index contributed by atoms with van der Waals surface area (Å²) < 4.78 is 38.7. The van der Waals surface area contributed by atoms with Crippen LogP contribution in [-0.2, 0) is 11.0 Å². The van der Waals surface area contributed by atoms with E-state index in [-0.39, 0.29) is 5.92 Å². The number of hydrogen-bond acceptors (Lipinski definition) is 3. The van der Waals surface area contributed by atoms with Gasteiger partial charge in [-0.05, 0) is 36.2 Å². The van der Waals surface area contributed by atoms with Gasteiger partial charge in [0.15, 0.2) is 0 Å². The van der Waals surface area contributed by atoms with Crippen LogP contribution in [0.4, 0.5) is 18.9 Å². The molecule has 2 aromatic rings. The van der Waals surface area contributed by atoms with Gasteiger partial charge in [-0.25, -0.2) is 0 Å². The predicted octanol–water partition coefficient (Wildman–Crippen LogP) is 4.12. The molecule has 1 aliphatic heterocycles. The highest BCUT2D eigenvalue weighted by Crippen LogP contribution is 2.32. The third-order valence-electron chi connectivity index (χ3n) is 5.12. The van der Waals surface area contributed by atoms with Crippen LogP contribution in [0.5, 0.6) is 0 Å². The Morgan fingerprint density at radius 2 is 1.74 bits per heavy atom. The normalized spacial score (nSPS) is 17.0. The number of aldehydes is 1. The van der Waals surface area contributed by atoms with Gasteiger partial charge in [-0.2, -0.15) is 13.2 Å². The number of nitrogens with zero attached hydrogens (tertiary/aromatic N) is 2. The molecular formula is C21H23F3N2O. The second-order valence-electron chi connectivity index (χ2n) is 6.93. The SMILES string of the molecule is Cc1ccccc1C(C=O)CN1CCN(c2cccc(C(F)(F)F)c2)CC1. The van der Waals surface area contributed by atoms with Crippen molar-refractivity contribution in [2.45, 2.75) is 19.0 Å². The average molecular weight is 376 g/mol. The number of carbonyl (C=O) groups excluding carboxylic acids is 1. The lowest BCUT2D eigenvalue weighted by Crippen LogP contribution is -2.47. The van der Waals surface area contributed by atoms with Crippen molar-refractivity contribution in [2.75, 3.05) is 37.6 Å². The number of benzene rings is 2. The summed E-state index contributed by atoms with van der Waals surface area (Å²) in [6.45, 7) is 5.34. The van der Waals surface area contributed by atoms with Gasteiger partial charge in [-0.15, -0.1) is 0 Å². The average Bonchev–Trinajstić information content (AvgIpc) is 2.67. The summed E-state index contributed by atoms with van der Waals surface area (Å²) in [4.78, 5) is 15.8. The highest BCUT2D eigenvalue weighted by Gasteiger charge is 2.31. The van der Waals surface area contributed by atoms with Crippen molar-refractivity contribution >= 4 is 12.0 Å². The molecule has 27 heavy (non-hydrogen) atoms. The minimum Gasteiger partial charge on any atom is -0.369 e. The monoisotopic (exact) mass is 376 g/mol. The zero-order chi connectivity index (χ0) is 19.4. The molecule has 0 amide bonds. The second kappa shape index (κ2) is 8.13. The van der Waals surface area contributed by atoms with Gasteiger partial charge in [0, 0.05) is 38.4 Å². The number of rotatable bonds is 5. The van der Waals surface area contributed by atoms with E-state index in [1.165, 1.54) is 12.1 Å². The maximum atomic E-state index is 12.9. The first-order chi connectivity index (χ1) is 12.9. The van der Waals surface area contributed by atoms with Crippen molar-refractivity contribution in [2.24, 2.45) is 0 Å². The number of aryl methyl sites for hydroxylation is 1. The standard InChI is InChI=1S/C21H23F3N2O/c1-16-5-2-3-8-20(16)17(15-27)14-25-9-11-26(12-10-25)19-7-4-6-18(13-19)21(22,23)24/h2-8,13,15,17H,9-12,14H2,1H3. The van der Waals surface area contributed by atoms with E-state index >= 15 is 0 Å². The molecule has 6 heteroatoms. The van der Waals surface area contributed by atoms with Crippen molar-refractivity contribution in [1.29, 1.82) is 0 Å². The predicted molar refractivity (Wildman–Crippen MR) is 100 cm³/mol. The van der Waals surface area contributed by atoms with Crippen LogP contribution in [0.25, 0.3) is 0 Å². The van der Waals surface area contributed by atoms with Crippen molar-refractivity contribution in [3.63, 3.8) is 0 Å². The van der Waals surface area contributed by atoms with E-state index in [1.54, 1.807) is 6.07 Å². The van der Waals surface area contributed by atoms with Gasteiger partial charge in [0.1, 0.15) is 6.29 Å². The Balaban J connectivity index is 1.62. The van der Waals surface area contributed by atoms with Gasteiger partial charge in [0.2, 0.25) is 0 Å². The minimum absolute atomic E-state index is 0.189. The molecule has 1 atom stereocenters. The highest BCUT2D eigenvalue weighted by atomic mass is 19.4. The number of carbonyl (C=O) groups is 1. The molecule has 1 fully saturated rings. The second-order valence-corrected chi connectivity index (χ2v) is 6.93. The number of hydrogen-bond donors (Lipinski definition) is 0. The van der Waals surface area contributed by atoms with Crippen LogP contribution < -0.4 is 4.90 Å². The number of piperazine rings is 1. The fraction of sp³-hybridized carbons (Fsp3) is 0.381. The molecule has 3 nitrogen and oxygen atoms in total. The van der Waals surface area contributed by atoms with Gasteiger partial charge < -0.3 is 9.69 Å². The lowest BCUT2D eigenvalue weighted by atomic mass is 9.95. The molecular weight excluding hydrogens is 353 g/mol. The summed E-state index contributed by atoms with van der Waals surface area (Å²) in [5, 5.41) is 0. The lowest BCUT2D eigenvalue weighted by Gasteiger charge is -2.37. The Labute approximate surface area is 157 Å². The van der Waals surface area contributed by atoms with Crippen LogP contribution >= 0.6 is 0 Å². The van der Waals surface area contributed by atoms with E-state index in [0.717, 1.165) is 23.5 Å². The first-order valence-corrected chi connectivity index (χ1v) is 9.04. The molecule has 0 N–H and O–H groups in total. The van der Waals surface area contributed by atoms with Crippen molar-refractivity contribution < 1.29 is 18.0 Å². The van der Waals surface area contributed by atoms with E-state index in [9.17, 15) is 18.0 Å². The summed E-state index contributed by atoms with van der Waals surface area (Å²) in [6.07, 6.45) is -3.34. The summed E-state index contributed by atoms with van der Waals surface area (Å²) in [6, 6.07) is 13.3. The Bertz CT molecular complexity index is 783. The molecule has 2 aromatic carbocycles. The van der Waals surface area contributed by atoms with Crippen LogP contribution in [0.2, 0.25) is 0 Å². The molecule has 0 aliphatic carbocycles. The molecule has 0 radical (unpaired) electrons. The number of alkyl halides is 3. The molecule has 144 valence electrons. The molecule has 0 spiro atoms. The van der Waals surface area contributed by atoms with Crippen LogP contribution in [0.1, 0.15) is 22.6 Å². The topological polar surface area (TPSA) is 23.6 Å². The van der Waals surface area contributed by atoms with Crippen molar-refractivity contribution in [3.05, 3.63) is 65.2 Å². The molecule has 1 aliphatic rings. The van der Waals surface area contributed by atoms with Crippen molar-refractivity contribution in [1.82, 2.24) is 4.90 Å².